The molecule has 2 nitrogen and oxygen atoms in total. The molecule has 0 aliphatic heterocycles. The van der Waals surface area contributed by atoms with Crippen LogP contribution in [-0.2, 0) is 0 Å². The Labute approximate surface area is 50.8 Å². The van der Waals surface area contributed by atoms with E-state index in [4.69, 9.17) is 5.53 Å². The summed E-state index contributed by atoms with van der Waals surface area (Å²) in [6.45, 7) is 4.89. The van der Waals surface area contributed by atoms with E-state index in [1.807, 2.05) is 0 Å². The van der Waals surface area contributed by atoms with Crippen molar-refractivity contribution in [2.75, 3.05) is 6.54 Å². The van der Waals surface area contributed by atoms with Gasteiger partial charge in [0.05, 0.1) is 6.54 Å². The van der Waals surface area contributed by atoms with Crippen molar-refractivity contribution in [3.8, 4) is 0 Å². The molecule has 0 spiro atoms. The van der Waals surface area contributed by atoms with Gasteiger partial charge in [0.25, 0.3) is 0 Å². The van der Waals surface area contributed by atoms with Crippen LogP contribution in [0.1, 0.15) is 26.7 Å². The Morgan fingerprint density at radius 2 is 2.12 bits per heavy atom. The van der Waals surface area contributed by atoms with Crippen molar-refractivity contribution in [2.45, 2.75) is 26.7 Å². The summed E-state index contributed by atoms with van der Waals surface area (Å²) < 4.78 is 0. The van der Waals surface area contributed by atoms with Gasteiger partial charge in [0, 0.05) is 0 Å². The molecular formula is C6H13N2. The van der Waals surface area contributed by atoms with Crippen molar-refractivity contribution < 1.29 is 0 Å². The number of nitrogens with one attached hydrogen (secondary N) is 1. The molecule has 0 rings (SSSR count). The minimum atomic E-state index is 0.686. The molecule has 0 saturated carbocycles. The molecule has 0 aliphatic carbocycles. The maximum Gasteiger partial charge on any atom is 0.0596 e. The van der Waals surface area contributed by atoms with E-state index in [1.165, 1.54) is 5.92 Å². The minimum Gasteiger partial charge on any atom is -0.210 e. The third-order valence-corrected chi connectivity index (χ3v) is 0.947. The van der Waals surface area contributed by atoms with E-state index in [2.05, 4.69) is 19.0 Å². The highest BCUT2D eigenvalue weighted by Gasteiger charge is 1.91. The number of rotatable bonds is 4. The fraction of sp³-hybridized carbons (Fsp3) is 0.833. The molecule has 0 aromatic carbocycles. The third kappa shape index (κ3) is 5.60. The number of hydrogen-bond donors (Lipinski definition) is 1. The summed E-state index contributed by atoms with van der Waals surface area (Å²) >= 11 is 0. The second kappa shape index (κ2) is 4.75. The highest BCUT2D eigenvalue weighted by molar-refractivity contribution is 4.75. The first-order valence-corrected chi connectivity index (χ1v) is 2.89. The average molecular weight is 113 g/mol. The average Bonchev–Trinajstić information content (AvgIpc) is 1.66. The first-order valence-electron chi connectivity index (χ1n) is 2.89. The summed E-state index contributed by atoms with van der Waals surface area (Å²) in [6, 6.07) is 0. The smallest absolute Gasteiger partial charge is 0.0596 e. The van der Waals surface area contributed by atoms with Gasteiger partial charge in [-0.1, -0.05) is 13.8 Å². The topological polar surface area (TPSA) is 36.2 Å². The van der Waals surface area contributed by atoms with Gasteiger partial charge < -0.3 is 0 Å². The lowest BCUT2D eigenvalue weighted by molar-refractivity contribution is 0.728. The Morgan fingerprint density at radius 3 is 2.50 bits per heavy atom. The maximum absolute atomic E-state index is 6.46. The van der Waals surface area contributed by atoms with Gasteiger partial charge in [0.1, 0.15) is 0 Å². The summed E-state index contributed by atoms with van der Waals surface area (Å²) in [4.78, 5) is 0. The molecular weight excluding hydrogens is 100 g/mol. The van der Waals surface area contributed by atoms with E-state index in [-0.39, 0.29) is 0 Å². The molecule has 0 bridgehead atoms. The Hall–Kier alpha value is -0.400. The predicted octanol–water partition coefficient (Wildman–Crippen LogP) is 2.41. The van der Waals surface area contributed by atoms with Crippen molar-refractivity contribution >= 4 is 0 Å². The molecule has 0 unspecified atom stereocenters. The van der Waals surface area contributed by atoms with Crippen LogP contribution in [0, 0.1) is 11.4 Å². The molecule has 0 amide bonds. The van der Waals surface area contributed by atoms with Crippen LogP contribution in [0.4, 0.5) is 0 Å². The van der Waals surface area contributed by atoms with Crippen LogP contribution in [0.25, 0.3) is 0 Å². The fourth-order valence-corrected chi connectivity index (χ4v) is 0.512. The van der Waals surface area contributed by atoms with E-state index < -0.39 is 0 Å². The standard InChI is InChI=1S/C6H13N2/c1-6(2)4-3-5-8-7/h7H,3-5H2,1-2H3. The van der Waals surface area contributed by atoms with Crippen molar-refractivity contribution in [2.24, 2.45) is 5.11 Å². The molecule has 1 radical (unpaired) electrons. The quantitative estimate of drug-likeness (QED) is 0.429. The van der Waals surface area contributed by atoms with Crippen LogP contribution >= 0.6 is 0 Å². The second-order valence-electron chi connectivity index (χ2n) is 2.19. The Bertz CT molecular complexity index is 59.5. The van der Waals surface area contributed by atoms with Crippen LogP contribution in [0.2, 0.25) is 0 Å². The number of hydrogen-bond acceptors (Lipinski definition) is 2. The zero-order valence-electron chi connectivity index (χ0n) is 5.57. The SMILES string of the molecule is C[C](C)CCCN=N. The van der Waals surface area contributed by atoms with Crippen LogP contribution in [0.5, 0.6) is 0 Å². The van der Waals surface area contributed by atoms with Gasteiger partial charge in [-0.3, -0.25) is 0 Å². The van der Waals surface area contributed by atoms with Gasteiger partial charge in [0.15, 0.2) is 0 Å². The summed E-state index contributed by atoms with van der Waals surface area (Å²) in [5.74, 6) is 1.42. The van der Waals surface area contributed by atoms with E-state index in [1.54, 1.807) is 0 Å². The van der Waals surface area contributed by atoms with Crippen LogP contribution < -0.4 is 0 Å². The zero-order chi connectivity index (χ0) is 6.41. The van der Waals surface area contributed by atoms with Crippen molar-refractivity contribution in [1.29, 1.82) is 5.53 Å². The summed E-state index contributed by atoms with van der Waals surface area (Å²) in [7, 11) is 0. The third-order valence-electron chi connectivity index (χ3n) is 0.947. The van der Waals surface area contributed by atoms with Crippen molar-refractivity contribution in [1.82, 2.24) is 0 Å². The minimum absolute atomic E-state index is 0.686. The lowest BCUT2D eigenvalue weighted by atomic mass is 10.1. The van der Waals surface area contributed by atoms with Crippen molar-refractivity contribution in [3.05, 3.63) is 5.92 Å². The van der Waals surface area contributed by atoms with Gasteiger partial charge in [-0.15, -0.1) is 0 Å². The maximum atomic E-state index is 6.46. The predicted molar refractivity (Wildman–Crippen MR) is 33.8 cm³/mol. The summed E-state index contributed by atoms with van der Waals surface area (Å²) in [5.41, 5.74) is 6.46. The molecule has 0 aliphatic rings. The first kappa shape index (κ1) is 7.60. The molecule has 2 heteroatoms. The van der Waals surface area contributed by atoms with E-state index >= 15 is 0 Å². The molecule has 0 fully saturated rings. The van der Waals surface area contributed by atoms with Gasteiger partial charge in [0.2, 0.25) is 0 Å². The van der Waals surface area contributed by atoms with Crippen LogP contribution in [-0.4, -0.2) is 6.54 Å². The molecule has 0 saturated heterocycles. The summed E-state index contributed by atoms with van der Waals surface area (Å²) in [5, 5.41) is 3.24. The Morgan fingerprint density at radius 1 is 1.50 bits per heavy atom. The van der Waals surface area contributed by atoms with Crippen LogP contribution in [0.3, 0.4) is 0 Å². The normalized spacial score (nSPS) is 9.88. The molecule has 47 valence electrons. The van der Waals surface area contributed by atoms with Gasteiger partial charge >= 0.3 is 0 Å². The van der Waals surface area contributed by atoms with E-state index in [9.17, 15) is 0 Å². The lowest BCUT2D eigenvalue weighted by Gasteiger charge is -1.98. The highest BCUT2D eigenvalue weighted by Crippen LogP contribution is 2.04. The molecule has 8 heavy (non-hydrogen) atoms. The second-order valence-corrected chi connectivity index (χ2v) is 2.19. The Kier molecular flexibility index (Phi) is 4.51. The molecule has 0 heterocycles. The summed E-state index contributed by atoms with van der Waals surface area (Å²) in [6.07, 6.45) is 2.15. The zero-order valence-corrected chi connectivity index (χ0v) is 5.57. The monoisotopic (exact) mass is 113 g/mol. The molecule has 0 aromatic rings. The molecule has 0 aromatic heterocycles. The van der Waals surface area contributed by atoms with E-state index in [0.29, 0.717) is 6.54 Å². The first-order chi connectivity index (χ1) is 3.77. The van der Waals surface area contributed by atoms with E-state index in [0.717, 1.165) is 12.8 Å². The fourth-order valence-electron chi connectivity index (χ4n) is 0.512. The van der Waals surface area contributed by atoms with Gasteiger partial charge in [-0.2, -0.15) is 5.11 Å². The van der Waals surface area contributed by atoms with Gasteiger partial charge in [-0.05, 0) is 18.8 Å². The Balaban J connectivity index is 2.81. The van der Waals surface area contributed by atoms with Gasteiger partial charge in [-0.25, -0.2) is 5.53 Å². The lowest BCUT2D eigenvalue weighted by Crippen LogP contribution is -1.85. The highest BCUT2D eigenvalue weighted by atomic mass is 14.9. The largest absolute Gasteiger partial charge is 0.210 e. The number of nitrogens with zero attached hydrogens (tertiary/aromatic N) is 1. The van der Waals surface area contributed by atoms with Crippen molar-refractivity contribution in [3.63, 3.8) is 0 Å². The molecule has 1 N–H and O–H groups in total. The molecule has 0 atom stereocenters. The van der Waals surface area contributed by atoms with Crippen LogP contribution in [0.15, 0.2) is 5.11 Å².